The lowest BCUT2D eigenvalue weighted by Crippen LogP contribution is -2.04. The van der Waals surface area contributed by atoms with Crippen molar-refractivity contribution < 1.29 is 4.42 Å². The number of fused-ring (bicyclic) bond motifs is 7. The molecule has 11 aromatic rings. The van der Waals surface area contributed by atoms with Crippen LogP contribution in [-0.2, 0) is 0 Å². The molecule has 0 atom stereocenters. The van der Waals surface area contributed by atoms with Crippen LogP contribution in [0.25, 0.3) is 106 Å². The molecule has 5 nitrogen and oxygen atoms in total. The molecule has 0 fully saturated rings. The molecule has 0 radical (unpaired) electrons. The Balaban J connectivity index is 1.24. The van der Waals surface area contributed by atoms with Gasteiger partial charge in [-0.05, 0) is 64.7 Å². The van der Waals surface area contributed by atoms with Crippen molar-refractivity contribution in [3.8, 4) is 62.1 Å². The molecule has 262 valence electrons. The quantitative estimate of drug-likeness (QED) is 0.172. The van der Waals surface area contributed by atoms with Gasteiger partial charge in [0.25, 0.3) is 0 Å². The van der Waals surface area contributed by atoms with Crippen molar-refractivity contribution in [2.45, 2.75) is 0 Å². The second-order valence-electron chi connectivity index (χ2n) is 14.0. The lowest BCUT2D eigenvalue weighted by molar-refractivity contribution is 0.669. The molecule has 11 rings (SSSR count). The topological polar surface area (TPSA) is 56.7 Å². The normalized spacial score (nSPS) is 11.6. The van der Waals surface area contributed by atoms with Crippen LogP contribution in [0.3, 0.4) is 0 Å². The third kappa shape index (κ3) is 5.29. The van der Waals surface area contributed by atoms with Crippen molar-refractivity contribution in [3.63, 3.8) is 0 Å². The molecule has 0 bridgehead atoms. The fraction of sp³-hybridized carbons (Fsp3) is 0. The number of para-hydroxylation sites is 2. The van der Waals surface area contributed by atoms with E-state index >= 15 is 0 Å². The number of furan rings is 1. The summed E-state index contributed by atoms with van der Waals surface area (Å²) in [6.07, 6.45) is 0. The molecule has 8 aromatic carbocycles. The van der Waals surface area contributed by atoms with E-state index in [1.54, 1.807) is 0 Å². The summed E-state index contributed by atoms with van der Waals surface area (Å²) in [7, 11) is 0. The highest BCUT2D eigenvalue weighted by Gasteiger charge is 2.23. The number of hydrogen-bond donors (Lipinski definition) is 0. The molecule has 0 aliphatic heterocycles. The smallest absolute Gasteiger partial charge is 0.166 e. The molecule has 56 heavy (non-hydrogen) atoms. The molecule has 0 unspecified atom stereocenters. The lowest BCUT2D eigenvalue weighted by Gasteiger charge is -2.17. The maximum atomic E-state index is 6.47. The maximum absolute atomic E-state index is 6.47. The van der Waals surface area contributed by atoms with E-state index in [2.05, 4.69) is 126 Å². The Morgan fingerprint density at radius 2 is 0.911 bits per heavy atom. The number of nitrogens with zero attached hydrogens (tertiary/aromatic N) is 4. The van der Waals surface area contributed by atoms with Crippen molar-refractivity contribution in [2.24, 2.45) is 0 Å². The van der Waals surface area contributed by atoms with Gasteiger partial charge in [0.15, 0.2) is 17.5 Å². The fourth-order valence-corrected chi connectivity index (χ4v) is 8.04. The van der Waals surface area contributed by atoms with Crippen molar-refractivity contribution >= 4 is 43.7 Å². The summed E-state index contributed by atoms with van der Waals surface area (Å²) in [4.78, 5) is 15.6. The highest BCUT2D eigenvalue weighted by Crippen LogP contribution is 2.43. The Morgan fingerprint density at radius 1 is 0.357 bits per heavy atom. The molecule has 3 aromatic heterocycles. The molecule has 5 heteroatoms. The van der Waals surface area contributed by atoms with Crippen molar-refractivity contribution in [1.29, 1.82) is 0 Å². The van der Waals surface area contributed by atoms with Crippen LogP contribution in [0, 0.1) is 0 Å². The van der Waals surface area contributed by atoms with Gasteiger partial charge < -0.3 is 8.98 Å². The van der Waals surface area contributed by atoms with Crippen molar-refractivity contribution in [3.05, 3.63) is 194 Å². The first-order valence-corrected chi connectivity index (χ1v) is 18.8. The minimum atomic E-state index is 0.587. The van der Waals surface area contributed by atoms with E-state index in [0.717, 1.165) is 82.8 Å². The first kappa shape index (κ1) is 31.9. The van der Waals surface area contributed by atoms with Gasteiger partial charge in [-0.2, -0.15) is 0 Å². The van der Waals surface area contributed by atoms with Crippen LogP contribution in [-0.4, -0.2) is 19.5 Å². The Labute approximate surface area is 322 Å². The molecule has 0 saturated heterocycles. The van der Waals surface area contributed by atoms with Crippen LogP contribution in [0.1, 0.15) is 0 Å². The van der Waals surface area contributed by atoms with Gasteiger partial charge in [-0.15, -0.1) is 0 Å². The number of rotatable bonds is 6. The first-order valence-electron chi connectivity index (χ1n) is 18.8. The third-order valence-corrected chi connectivity index (χ3v) is 10.7. The van der Waals surface area contributed by atoms with Gasteiger partial charge in [-0.1, -0.05) is 152 Å². The summed E-state index contributed by atoms with van der Waals surface area (Å²) in [6.45, 7) is 0. The summed E-state index contributed by atoms with van der Waals surface area (Å²) in [6, 6.07) is 67.4. The highest BCUT2D eigenvalue weighted by molar-refractivity contribution is 6.24. The second-order valence-corrected chi connectivity index (χ2v) is 14.0. The standard InChI is InChI=1S/C51H32N4O/c1-4-15-33(16-5-1)36-21-14-22-37(31-36)38-27-29-44(42(32-38)51-53-49(34-17-6-2-7-18-34)52-50(54-51)35-19-8-3-9-20-35)55-43-25-12-10-23-39(43)40-28-30-46-47(48(40)55)41-24-11-13-26-45(41)56-46/h1-32H. The Kier molecular flexibility index (Phi) is 7.42. The summed E-state index contributed by atoms with van der Waals surface area (Å²) in [5.74, 6) is 1.81. The van der Waals surface area contributed by atoms with E-state index in [1.807, 2.05) is 72.8 Å². The van der Waals surface area contributed by atoms with E-state index in [4.69, 9.17) is 19.4 Å². The minimum absolute atomic E-state index is 0.587. The van der Waals surface area contributed by atoms with Crippen molar-refractivity contribution in [1.82, 2.24) is 19.5 Å². The Hall–Kier alpha value is -7.63. The van der Waals surface area contributed by atoms with E-state index in [9.17, 15) is 0 Å². The average molecular weight is 717 g/mol. The summed E-state index contributed by atoms with van der Waals surface area (Å²) in [5.41, 5.74) is 12.0. The minimum Gasteiger partial charge on any atom is -0.456 e. The predicted molar refractivity (Wildman–Crippen MR) is 229 cm³/mol. The number of benzene rings is 8. The summed E-state index contributed by atoms with van der Waals surface area (Å²) < 4.78 is 8.85. The molecule has 0 saturated carbocycles. The monoisotopic (exact) mass is 716 g/mol. The van der Waals surface area contributed by atoms with Gasteiger partial charge in [0.1, 0.15) is 11.2 Å². The highest BCUT2D eigenvalue weighted by atomic mass is 16.3. The summed E-state index contributed by atoms with van der Waals surface area (Å²) in [5, 5.41) is 4.46. The zero-order valence-corrected chi connectivity index (χ0v) is 30.2. The van der Waals surface area contributed by atoms with Crippen LogP contribution >= 0.6 is 0 Å². The second kappa shape index (κ2) is 13.0. The zero-order valence-electron chi connectivity index (χ0n) is 30.2. The zero-order chi connectivity index (χ0) is 37.0. The molecule has 0 aliphatic rings. The van der Waals surface area contributed by atoms with Crippen LogP contribution in [0.4, 0.5) is 0 Å². The first-order chi connectivity index (χ1) is 27.8. The Morgan fingerprint density at radius 3 is 1.62 bits per heavy atom. The predicted octanol–water partition coefficient (Wildman–Crippen LogP) is 13.2. The lowest BCUT2D eigenvalue weighted by atomic mass is 9.97. The van der Waals surface area contributed by atoms with Crippen LogP contribution in [0.2, 0.25) is 0 Å². The van der Waals surface area contributed by atoms with Gasteiger partial charge in [0.05, 0.1) is 22.1 Å². The van der Waals surface area contributed by atoms with Gasteiger partial charge in [-0.25, -0.2) is 15.0 Å². The largest absolute Gasteiger partial charge is 0.456 e. The van der Waals surface area contributed by atoms with E-state index in [0.29, 0.717) is 17.5 Å². The molecule has 0 N–H and O–H groups in total. The number of aromatic nitrogens is 4. The Bertz CT molecular complexity index is 3180. The van der Waals surface area contributed by atoms with Gasteiger partial charge >= 0.3 is 0 Å². The van der Waals surface area contributed by atoms with Crippen LogP contribution < -0.4 is 0 Å². The SMILES string of the molecule is c1ccc(-c2cccc(-c3ccc(-n4c5ccccc5c5ccc6oc7ccccc7c6c54)c(-c4nc(-c5ccccc5)nc(-c5ccccc5)n4)c3)c2)cc1. The third-order valence-electron chi connectivity index (χ3n) is 10.7. The van der Waals surface area contributed by atoms with Gasteiger partial charge in [0.2, 0.25) is 0 Å². The van der Waals surface area contributed by atoms with E-state index < -0.39 is 0 Å². The number of hydrogen-bond acceptors (Lipinski definition) is 4. The van der Waals surface area contributed by atoms with E-state index in [-0.39, 0.29) is 0 Å². The molecule has 3 heterocycles. The molecular weight excluding hydrogens is 685 g/mol. The maximum Gasteiger partial charge on any atom is 0.166 e. The molecule has 0 aliphatic carbocycles. The fourth-order valence-electron chi connectivity index (χ4n) is 8.04. The molecule has 0 amide bonds. The average Bonchev–Trinajstić information content (AvgIpc) is 3.83. The molecular formula is C51H32N4O. The van der Waals surface area contributed by atoms with Gasteiger partial charge in [-0.3, -0.25) is 0 Å². The van der Waals surface area contributed by atoms with Crippen molar-refractivity contribution in [2.75, 3.05) is 0 Å². The van der Waals surface area contributed by atoms with E-state index in [1.165, 1.54) is 5.56 Å². The van der Waals surface area contributed by atoms with Crippen LogP contribution in [0.5, 0.6) is 0 Å². The summed E-state index contributed by atoms with van der Waals surface area (Å²) >= 11 is 0. The molecule has 0 spiro atoms. The van der Waals surface area contributed by atoms with Crippen LogP contribution in [0.15, 0.2) is 199 Å². The van der Waals surface area contributed by atoms with Gasteiger partial charge in [0, 0.05) is 32.8 Å².